The molecule has 1 aromatic carbocycles. The molecule has 0 bridgehead atoms. The molecule has 0 saturated carbocycles. The average Bonchev–Trinajstić information content (AvgIpc) is 2.25. The SMILES string of the molecule is Nc1ncc(Oc2ccc(O)cc2)cn1. The van der Waals surface area contributed by atoms with Gasteiger partial charge in [0.15, 0.2) is 5.75 Å². The number of phenolic OH excluding ortho intramolecular Hbond substituents is 1. The summed E-state index contributed by atoms with van der Waals surface area (Å²) in [5.41, 5.74) is 5.33. The Labute approximate surface area is 86.2 Å². The number of aromatic hydroxyl groups is 1. The molecule has 2 rings (SSSR count). The van der Waals surface area contributed by atoms with Crippen molar-refractivity contribution in [3.05, 3.63) is 36.7 Å². The lowest BCUT2D eigenvalue weighted by atomic mass is 10.3. The van der Waals surface area contributed by atoms with Crippen molar-refractivity contribution in [2.45, 2.75) is 0 Å². The van der Waals surface area contributed by atoms with E-state index < -0.39 is 0 Å². The summed E-state index contributed by atoms with van der Waals surface area (Å²) in [5, 5.41) is 9.06. The van der Waals surface area contributed by atoms with Crippen molar-refractivity contribution in [1.29, 1.82) is 0 Å². The first-order chi connectivity index (χ1) is 7.24. The predicted octanol–water partition coefficient (Wildman–Crippen LogP) is 1.56. The summed E-state index contributed by atoms with van der Waals surface area (Å²) in [5.74, 6) is 1.49. The molecule has 0 unspecified atom stereocenters. The highest BCUT2D eigenvalue weighted by Crippen LogP contribution is 2.21. The minimum atomic E-state index is 0.191. The fourth-order valence-corrected chi connectivity index (χ4v) is 1.03. The topological polar surface area (TPSA) is 81.3 Å². The van der Waals surface area contributed by atoms with Gasteiger partial charge in [-0.1, -0.05) is 0 Å². The lowest BCUT2D eigenvalue weighted by Gasteiger charge is -2.04. The number of benzene rings is 1. The van der Waals surface area contributed by atoms with Gasteiger partial charge in [-0.2, -0.15) is 0 Å². The van der Waals surface area contributed by atoms with Gasteiger partial charge in [0.1, 0.15) is 11.5 Å². The van der Waals surface area contributed by atoms with Gasteiger partial charge in [-0.15, -0.1) is 0 Å². The number of phenols is 1. The second kappa shape index (κ2) is 3.83. The van der Waals surface area contributed by atoms with E-state index in [-0.39, 0.29) is 11.7 Å². The molecule has 0 spiro atoms. The maximum absolute atomic E-state index is 9.06. The van der Waals surface area contributed by atoms with Crippen molar-refractivity contribution in [2.24, 2.45) is 0 Å². The zero-order valence-electron chi connectivity index (χ0n) is 7.79. The first-order valence-electron chi connectivity index (χ1n) is 4.28. The van der Waals surface area contributed by atoms with Crippen molar-refractivity contribution in [2.75, 3.05) is 5.73 Å². The monoisotopic (exact) mass is 203 g/mol. The quantitative estimate of drug-likeness (QED) is 0.773. The van der Waals surface area contributed by atoms with Gasteiger partial charge >= 0.3 is 0 Å². The highest BCUT2D eigenvalue weighted by atomic mass is 16.5. The molecule has 0 aliphatic rings. The largest absolute Gasteiger partial charge is 0.508 e. The van der Waals surface area contributed by atoms with E-state index in [1.807, 2.05) is 0 Å². The lowest BCUT2D eigenvalue weighted by Crippen LogP contribution is -1.94. The Morgan fingerprint density at radius 1 is 1.00 bits per heavy atom. The number of nitrogen functional groups attached to an aromatic ring is 1. The van der Waals surface area contributed by atoms with E-state index >= 15 is 0 Å². The molecule has 0 radical (unpaired) electrons. The Morgan fingerprint density at radius 3 is 2.20 bits per heavy atom. The van der Waals surface area contributed by atoms with Gasteiger partial charge < -0.3 is 15.6 Å². The fraction of sp³-hybridized carbons (Fsp3) is 0. The van der Waals surface area contributed by atoms with Crippen molar-refractivity contribution < 1.29 is 9.84 Å². The molecule has 0 amide bonds. The Balaban J connectivity index is 2.15. The molecule has 0 aliphatic heterocycles. The highest BCUT2D eigenvalue weighted by molar-refractivity contribution is 5.33. The summed E-state index contributed by atoms with van der Waals surface area (Å²) in [4.78, 5) is 7.57. The van der Waals surface area contributed by atoms with Gasteiger partial charge in [0.25, 0.3) is 0 Å². The standard InChI is InChI=1S/C10H9N3O2/c11-10-12-5-9(6-13-10)15-8-3-1-7(14)2-4-8/h1-6,14H,(H2,11,12,13). The maximum Gasteiger partial charge on any atom is 0.220 e. The van der Waals surface area contributed by atoms with Crippen molar-refractivity contribution in [1.82, 2.24) is 9.97 Å². The van der Waals surface area contributed by atoms with Crippen LogP contribution in [0.2, 0.25) is 0 Å². The molecular formula is C10H9N3O2. The second-order valence-corrected chi connectivity index (χ2v) is 2.87. The summed E-state index contributed by atoms with van der Waals surface area (Å²) < 4.78 is 5.40. The van der Waals surface area contributed by atoms with Crippen LogP contribution in [0.5, 0.6) is 17.2 Å². The van der Waals surface area contributed by atoms with Crippen LogP contribution in [0.15, 0.2) is 36.7 Å². The minimum Gasteiger partial charge on any atom is -0.508 e. The predicted molar refractivity (Wildman–Crippen MR) is 54.6 cm³/mol. The number of nitrogens with zero attached hydrogens (tertiary/aromatic N) is 2. The van der Waals surface area contributed by atoms with Gasteiger partial charge in [0.2, 0.25) is 5.95 Å². The summed E-state index contributed by atoms with van der Waals surface area (Å²) >= 11 is 0. The minimum absolute atomic E-state index is 0.191. The fourth-order valence-electron chi connectivity index (χ4n) is 1.03. The molecule has 1 aromatic heterocycles. The third kappa shape index (κ3) is 2.34. The van der Waals surface area contributed by atoms with Crippen LogP contribution in [0.1, 0.15) is 0 Å². The smallest absolute Gasteiger partial charge is 0.220 e. The lowest BCUT2D eigenvalue weighted by molar-refractivity contribution is 0.462. The van der Waals surface area contributed by atoms with Crippen LogP contribution >= 0.6 is 0 Å². The van der Waals surface area contributed by atoms with Crippen LogP contribution in [0.25, 0.3) is 0 Å². The molecule has 2 aromatic rings. The zero-order chi connectivity index (χ0) is 10.7. The molecule has 0 atom stereocenters. The molecule has 0 fully saturated rings. The maximum atomic E-state index is 9.06. The number of anilines is 1. The van der Waals surface area contributed by atoms with Gasteiger partial charge in [0, 0.05) is 0 Å². The summed E-state index contributed by atoms with van der Waals surface area (Å²) in [6.45, 7) is 0. The Bertz CT molecular complexity index is 396. The van der Waals surface area contributed by atoms with Crippen LogP contribution in [0.3, 0.4) is 0 Å². The van der Waals surface area contributed by atoms with E-state index in [1.165, 1.54) is 24.5 Å². The first-order valence-corrected chi connectivity index (χ1v) is 4.28. The van der Waals surface area contributed by atoms with E-state index in [9.17, 15) is 0 Å². The van der Waals surface area contributed by atoms with Gasteiger partial charge in [-0.25, -0.2) is 9.97 Å². The Kier molecular flexibility index (Phi) is 2.37. The Hall–Kier alpha value is -2.30. The van der Waals surface area contributed by atoms with Crippen LogP contribution in [0.4, 0.5) is 5.95 Å². The zero-order valence-corrected chi connectivity index (χ0v) is 7.79. The number of rotatable bonds is 2. The van der Waals surface area contributed by atoms with Crippen LogP contribution in [0, 0.1) is 0 Å². The summed E-state index contributed by atoms with van der Waals surface area (Å²) in [7, 11) is 0. The van der Waals surface area contributed by atoms with Gasteiger partial charge in [-0.3, -0.25) is 0 Å². The Morgan fingerprint density at radius 2 is 1.60 bits per heavy atom. The van der Waals surface area contributed by atoms with E-state index in [2.05, 4.69) is 9.97 Å². The number of ether oxygens (including phenoxy) is 1. The third-order valence-corrected chi connectivity index (χ3v) is 1.72. The number of nitrogens with two attached hydrogens (primary N) is 1. The summed E-state index contributed by atoms with van der Waals surface area (Å²) in [6.07, 6.45) is 2.96. The molecule has 76 valence electrons. The number of aromatic nitrogens is 2. The number of hydrogen-bond acceptors (Lipinski definition) is 5. The number of hydrogen-bond donors (Lipinski definition) is 2. The normalized spacial score (nSPS) is 9.87. The van der Waals surface area contributed by atoms with Gasteiger partial charge in [0.05, 0.1) is 12.4 Å². The highest BCUT2D eigenvalue weighted by Gasteiger charge is 1.98. The van der Waals surface area contributed by atoms with Crippen molar-refractivity contribution >= 4 is 5.95 Å². The molecule has 0 saturated heterocycles. The van der Waals surface area contributed by atoms with Crippen LogP contribution < -0.4 is 10.5 Å². The van der Waals surface area contributed by atoms with Crippen LogP contribution in [-0.2, 0) is 0 Å². The first kappa shape index (κ1) is 9.26. The average molecular weight is 203 g/mol. The molecule has 5 nitrogen and oxygen atoms in total. The van der Waals surface area contributed by atoms with E-state index in [4.69, 9.17) is 15.6 Å². The van der Waals surface area contributed by atoms with Crippen molar-refractivity contribution in [3.8, 4) is 17.2 Å². The van der Waals surface area contributed by atoms with E-state index in [1.54, 1.807) is 12.1 Å². The van der Waals surface area contributed by atoms with Gasteiger partial charge in [-0.05, 0) is 24.3 Å². The molecular weight excluding hydrogens is 194 g/mol. The second-order valence-electron chi connectivity index (χ2n) is 2.87. The molecule has 3 N–H and O–H groups in total. The molecule has 1 heterocycles. The third-order valence-electron chi connectivity index (χ3n) is 1.72. The molecule has 0 aliphatic carbocycles. The van der Waals surface area contributed by atoms with Crippen molar-refractivity contribution in [3.63, 3.8) is 0 Å². The van der Waals surface area contributed by atoms with E-state index in [0.717, 1.165) is 0 Å². The molecule has 15 heavy (non-hydrogen) atoms. The van der Waals surface area contributed by atoms with E-state index in [0.29, 0.717) is 11.5 Å². The molecule has 5 heteroatoms. The summed E-state index contributed by atoms with van der Waals surface area (Å²) in [6, 6.07) is 6.36. The van der Waals surface area contributed by atoms with Crippen LogP contribution in [-0.4, -0.2) is 15.1 Å².